The quantitative estimate of drug-likeness (QED) is 0.229. The van der Waals surface area contributed by atoms with Crippen molar-refractivity contribution in [2.75, 3.05) is 18.2 Å². The van der Waals surface area contributed by atoms with Gasteiger partial charge in [0, 0.05) is 18.7 Å². The van der Waals surface area contributed by atoms with Gasteiger partial charge in [0.2, 0.25) is 0 Å². The summed E-state index contributed by atoms with van der Waals surface area (Å²) in [5, 5.41) is 19.1. The predicted molar refractivity (Wildman–Crippen MR) is 173 cm³/mol. The molecule has 0 fully saturated rings. The number of aliphatic hydroxyl groups excluding tert-OH is 1. The van der Waals surface area contributed by atoms with E-state index in [1.165, 1.54) is 12.1 Å². The molecule has 0 aliphatic carbocycles. The molecule has 0 saturated carbocycles. The highest BCUT2D eigenvalue weighted by Gasteiger charge is 2.31. The zero-order valence-corrected chi connectivity index (χ0v) is 27.4. The Balaban J connectivity index is 1.55. The molecule has 3 N–H and O–H groups in total. The maximum Gasteiger partial charge on any atom is 0.407 e. The molecule has 46 heavy (non-hydrogen) atoms. The molecule has 0 radical (unpaired) electrons. The molecular formula is C36H45F2N3O5. The molecule has 4 rings (SSSR count). The van der Waals surface area contributed by atoms with Crippen molar-refractivity contribution in [2.45, 2.75) is 84.6 Å². The number of hydrogen-bond acceptors (Lipinski definition) is 7. The third-order valence-corrected chi connectivity index (χ3v) is 7.41. The Hall–Kier alpha value is -4.02. The number of hydroxylamine groups is 1. The molecule has 3 aromatic rings. The third kappa shape index (κ3) is 10.3. The summed E-state index contributed by atoms with van der Waals surface area (Å²) >= 11 is 0. The molecular weight excluding hydrogens is 592 g/mol. The van der Waals surface area contributed by atoms with Crippen molar-refractivity contribution in [3.8, 4) is 0 Å². The summed E-state index contributed by atoms with van der Waals surface area (Å²) in [5.74, 6) is -1.96. The van der Waals surface area contributed by atoms with Crippen molar-refractivity contribution in [1.82, 2.24) is 10.6 Å². The Morgan fingerprint density at radius 3 is 2.26 bits per heavy atom. The molecule has 0 spiro atoms. The number of nitrogens with zero attached hydrogens (tertiary/aromatic N) is 1. The molecule has 1 aliphatic heterocycles. The number of fused-ring (bicyclic) bond motifs is 1. The normalized spacial score (nSPS) is 16.3. The van der Waals surface area contributed by atoms with Crippen LogP contribution in [0.4, 0.5) is 19.3 Å². The van der Waals surface area contributed by atoms with E-state index in [0.29, 0.717) is 18.5 Å². The van der Waals surface area contributed by atoms with Crippen LogP contribution < -0.4 is 15.7 Å². The van der Waals surface area contributed by atoms with Gasteiger partial charge in [-0.15, -0.1) is 0 Å². The summed E-state index contributed by atoms with van der Waals surface area (Å²) in [6, 6.07) is 16.8. The van der Waals surface area contributed by atoms with Crippen LogP contribution in [0.5, 0.6) is 0 Å². The first-order valence-corrected chi connectivity index (χ1v) is 15.6. The Morgan fingerprint density at radius 1 is 0.957 bits per heavy atom. The minimum Gasteiger partial charge on any atom is -0.444 e. The van der Waals surface area contributed by atoms with Crippen LogP contribution in [-0.4, -0.2) is 48.0 Å². The third-order valence-electron chi connectivity index (χ3n) is 7.41. The lowest BCUT2D eigenvalue weighted by Gasteiger charge is -2.36. The number of carbonyl (C=O) groups is 2. The zero-order chi connectivity index (χ0) is 33.6. The number of hydrogen-bond donors (Lipinski definition) is 3. The van der Waals surface area contributed by atoms with Crippen molar-refractivity contribution in [3.63, 3.8) is 0 Å². The van der Waals surface area contributed by atoms with E-state index in [-0.39, 0.29) is 30.0 Å². The fourth-order valence-electron chi connectivity index (χ4n) is 5.52. The lowest BCUT2D eigenvalue weighted by Crippen LogP contribution is -2.50. The lowest BCUT2D eigenvalue weighted by molar-refractivity contribution is 0.0403. The molecule has 3 aromatic carbocycles. The molecule has 1 heterocycles. The lowest BCUT2D eigenvalue weighted by atomic mass is 9.86. The summed E-state index contributed by atoms with van der Waals surface area (Å²) < 4.78 is 33.3. The van der Waals surface area contributed by atoms with Gasteiger partial charge in [-0.3, -0.25) is 0 Å². The number of halogens is 2. The van der Waals surface area contributed by atoms with E-state index in [1.807, 2.05) is 18.2 Å². The fraction of sp³-hybridized carbons (Fsp3) is 0.444. The van der Waals surface area contributed by atoms with Crippen LogP contribution in [0.1, 0.15) is 81.1 Å². The molecule has 1 unspecified atom stereocenters. The maximum absolute atomic E-state index is 14.0. The van der Waals surface area contributed by atoms with Gasteiger partial charge in [0.1, 0.15) is 17.2 Å². The van der Waals surface area contributed by atoms with Gasteiger partial charge < -0.3 is 25.3 Å². The van der Waals surface area contributed by atoms with Gasteiger partial charge in [0.15, 0.2) is 0 Å². The molecule has 248 valence electrons. The van der Waals surface area contributed by atoms with Gasteiger partial charge in [-0.2, -0.15) is 0 Å². The molecule has 0 aromatic heterocycles. The van der Waals surface area contributed by atoms with Crippen LogP contribution in [0.3, 0.4) is 0 Å². The number of nitrogens with one attached hydrogen (secondary N) is 2. The molecule has 10 heteroatoms. The molecule has 0 saturated heterocycles. The number of amides is 1. The van der Waals surface area contributed by atoms with Crippen molar-refractivity contribution in [1.29, 1.82) is 0 Å². The monoisotopic (exact) mass is 637 g/mol. The highest BCUT2D eigenvalue weighted by molar-refractivity contribution is 5.90. The van der Waals surface area contributed by atoms with Crippen molar-refractivity contribution in [3.05, 3.63) is 101 Å². The molecule has 3 atom stereocenters. The molecule has 0 bridgehead atoms. The summed E-state index contributed by atoms with van der Waals surface area (Å²) in [4.78, 5) is 31.4. The zero-order valence-electron chi connectivity index (χ0n) is 27.4. The highest BCUT2D eigenvalue weighted by Crippen LogP contribution is 2.36. The highest BCUT2D eigenvalue weighted by atomic mass is 19.1. The predicted octanol–water partition coefficient (Wildman–Crippen LogP) is 6.66. The van der Waals surface area contributed by atoms with Gasteiger partial charge in [0.25, 0.3) is 0 Å². The summed E-state index contributed by atoms with van der Waals surface area (Å²) in [7, 11) is 0. The van der Waals surface area contributed by atoms with Crippen LogP contribution in [0.15, 0.2) is 66.7 Å². The van der Waals surface area contributed by atoms with Crippen LogP contribution in [-0.2, 0) is 22.4 Å². The Kier molecular flexibility index (Phi) is 11.1. The largest absolute Gasteiger partial charge is 0.444 e. The average molecular weight is 638 g/mol. The summed E-state index contributed by atoms with van der Waals surface area (Å²) in [6.07, 6.45) is -0.546. The number of benzene rings is 3. The number of ether oxygens (including phenoxy) is 1. The number of carbonyl (C=O) groups excluding carboxylic acids is 2. The summed E-state index contributed by atoms with van der Waals surface area (Å²) in [5.41, 5.74) is 2.74. The minimum atomic E-state index is -1.14. The average Bonchev–Trinajstić information content (AvgIpc) is 2.94. The van der Waals surface area contributed by atoms with Gasteiger partial charge in [-0.05, 0) is 92.5 Å². The maximum atomic E-state index is 14.0. The standard InChI is InChI=1S/C36H45F2N3O5/c1-35(2,3)21-23-12-13-31-28(18-23)29(14-15-41(31)46-33(43)25-10-8-7-9-11-25)39-22-32(42)30(40-34(44)45-36(4,5)6)19-24-16-26(37)20-27(38)17-24/h7-13,16-18,20,29-30,32,39,42H,14-15,19,21-22H2,1-6H3,(H,40,44)/t29?,30-,32+/m0/s1. The summed E-state index contributed by atoms with van der Waals surface area (Å²) in [6.45, 7) is 12.1. The second kappa shape index (κ2) is 14.6. The Morgan fingerprint density at radius 2 is 1.63 bits per heavy atom. The molecule has 1 aliphatic rings. The number of alkyl carbamates (subject to hydrolysis) is 1. The molecule has 1 amide bonds. The van der Waals surface area contributed by atoms with E-state index in [1.54, 1.807) is 50.1 Å². The molecule has 8 nitrogen and oxygen atoms in total. The van der Waals surface area contributed by atoms with Crippen LogP contribution in [0.25, 0.3) is 0 Å². The van der Waals surface area contributed by atoms with E-state index in [9.17, 15) is 23.5 Å². The Bertz CT molecular complexity index is 1480. The van der Waals surface area contributed by atoms with Crippen LogP contribution >= 0.6 is 0 Å². The van der Waals surface area contributed by atoms with E-state index < -0.39 is 41.4 Å². The van der Waals surface area contributed by atoms with E-state index in [4.69, 9.17) is 9.57 Å². The number of anilines is 1. The Labute approximate surface area is 270 Å². The first kappa shape index (κ1) is 34.8. The van der Waals surface area contributed by atoms with Gasteiger partial charge in [-0.25, -0.2) is 23.4 Å². The first-order valence-electron chi connectivity index (χ1n) is 15.6. The number of aliphatic hydroxyl groups is 1. The number of rotatable bonds is 10. The minimum absolute atomic E-state index is 0.0308. The van der Waals surface area contributed by atoms with Gasteiger partial charge in [-0.1, -0.05) is 51.1 Å². The van der Waals surface area contributed by atoms with Crippen molar-refractivity contribution >= 4 is 17.7 Å². The van der Waals surface area contributed by atoms with Gasteiger partial charge in [0.05, 0.1) is 29.9 Å². The SMILES string of the molecule is CC(C)(C)Cc1ccc2c(c1)C(NC[C@@H](O)[C@H](Cc1cc(F)cc(F)c1)NC(=O)OC(C)(C)C)CCN2OC(=O)c1ccccc1. The van der Waals surface area contributed by atoms with Crippen LogP contribution in [0.2, 0.25) is 0 Å². The van der Waals surface area contributed by atoms with E-state index in [2.05, 4.69) is 37.5 Å². The second-order valence-electron chi connectivity index (χ2n) is 14.0. The van der Waals surface area contributed by atoms with E-state index >= 15 is 0 Å². The van der Waals surface area contributed by atoms with Crippen LogP contribution in [0, 0.1) is 17.0 Å². The van der Waals surface area contributed by atoms with Gasteiger partial charge >= 0.3 is 12.1 Å². The second-order valence-corrected chi connectivity index (χ2v) is 14.0. The van der Waals surface area contributed by atoms with Crippen molar-refractivity contribution in [2.24, 2.45) is 5.41 Å². The smallest absolute Gasteiger partial charge is 0.407 e. The van der Waals surface area contributed by atoms with Crippen molar-refractivity contribution < 1.29 is 33.1 Å². The topological polar surface area (TPSA) is 100 Å². The first-order chi connectivity index (χ1) is 21.6. The van der Waals surface area contributed by atoms with E-state index in [0.717, 1.165) is 29.3 Å². The fourth-order valence-corrected chi connectivity index (χ4v) is 5.52.